The van der Waals surface area contributed by atoms with Gasteiger partial charge in [0.1, 0.15) is 5.75 Å². The van der Waals surface area contributed by atoms with Crippen molar-refractivity contribution in [2.24, 2.45) is 0 Å². The fourth-order valence-electron chi connectivity index (χ4n) is 3.30. The molecule has 2 rings (SSSR count). The molecule has 6 nitrogen and oxygen atoms in total. The van der Waals surface area contributed by atoms with Gasteiger partial charge >= 0.3 is 0 Å². The molecule has 0 aliphatic carbocycles. The van der Waals surface area contributed by atoms with Crippen molar-refractivity contribution in [2.45, 2.75) is 46.0 Å². The van der Waals surface area contributed by atoms with Crippen molar-refractivity contribution < 1.29 is 17.9 Å². The van der Waals surface area contributed by atoms with Gasteiger partial charge in [-0.3, -0.25) is 9.10 Å². The topological polar surface area (TPSA) is 75.7 Å². The lowest BCUT2D eigenvalue weighted by Crippen LogP contribution is -2.32. The lowest BCUT2D eigenvalue weighted by Gasteiger charge is -2.22. The van der Waals surface area contributed by atoms with Gasteiger partial charge in [-0.15, -0.1) is 0 Å². The van der Waals surface area contributed by atoms with Gasteiger partial charge in [-0.25, -0.2) is 8.42 Å². The van der Waals surface area contributed by atoms with E-state index in [2.05, 4.69) is 12.2 Å². The lowest BCUT2D eigenvalue weighted by atomic mass is 10.1. The van der Waals surface area contributed by atoms with Crippen molar-refractivity contribution in [2.75, 3.05) is 30.3 Å². The molecule has 0 fully saturated rings. The number of hydrogen-bond donors (Lipinski definition) is 1. The molecule has 0 radical (unpaired) electrons. The normalized spacial score (nSPS) is 11.2. The highest BCUT2D eigenvalue weighted by Crippen LogP contribution is 2.19. The maximum absolute atomic E-state index is 12.2. The standard InChI is InChI=1S/C24H34N2O4S/c1-4-20-10-14-22(15-11-20)26(31(3,28)29)19-7-9-24(27)25-18-6-8-21-12-16-23(17-13-21)30-5-2/h10-17H,4-9,18-19H2,1-3H3,(H,25,27). The van der Waals surface area contributed by atoms with Gasteiger partial charge in [0, 0.05) is 19.5 Å². The van der Waals surface area contributed by atoms with Crippen LogP contribution in [0.5, 0.6) is 5.75 Å². The van der Waals surface area contributed by atoms with E-state index in [1.54, 1.807) is 0 Å². The summed E-state index contributed by atoms with van der Waals surface area (Å²) in [5.74, 6) is 0.811. The van der Waals surface area contributed by atoms with Crippen molar-refractivity contribution in [3.63, 3.8) is 0 Å². The van der Waals surface area contributed by atoms with Crippen LogP contribution in [0.3, 0.4) is 0 Å². The Morgan fingerprint density at radius 1 is 0.968 bits per heavy atom. The summed E-state index contributed by atoms with van der Waals surface area (Å²) in [6.45, 7) is 5.54. The quantitative estimate of drug-likeness (QED) is 0.473. The average Bonchev–Trinajstić information content (AvgIpc) is 2.75. The highest BCUT2D eigenvalue weighted by molar-refractivity contribution is 7.92. The number of nitrogens with one attached hydrogen (secondary N) is 1. The number of sulfonamides is 1. The lowest BCUT2D eigenvalue weighted by molar-refractivity contribution is -0.121. The third-order valence-corrected chi connectivity index (χ3v) is 6.19. The van der Waals surface area contributed by atoms with Crippen LogP contribution in [0.4, 0.5) is 5.69 Å². The molecule has 0 bridgehead atoms. The van der Waals surface area contributed by atoms with Crippen molar-refractivity contribution in [1.29, 1.82) is 0 Å². The summed E-state index contributed by atoms with van der Waals surface area (Å²) in [5, 5.41) is 2.92. The van der Waals surface area contributed by atoms with E-state index in [0.717, 1.165) is 30.6 Å². The van der Waals surface area contributed by atoms with Crippen LogP contribution in [0, 0.1) is 0 Å². The molecule has 1 amide bonds. The number of carbonyl (C=O) groups is 1. The van der Waals surface area contributed by atoms with Crippen LogP contribution in [0.15, 0.2) is 48.5 Å². The highest BCUT2D eigenvalue weighted by atomic mass is 32.2. The monoisotopic (exact) mass is 446 g/mol. The van der Waals surface area contributed by atoms with Gasteiger partial charge in [0.05, 0.1) is 18.6 Å². The maximum atomic E-state index is 12.2. The second kappa shape index (κ2) is 12.3. The zero-order valence-corrected chi connectivity index (χ0v) is 19.6. The predicted molar refractivity (Wildman–Crippen MR) is 126 cm³/mol. The number of benzene rings is 2. The molecule has 31 heavy (non-hydrogen) atoms. The summed E-state index contributed by atoms with van der Waals surface area (Å²) >= 11 is 0. The summed E-state index contributed by atoms with van der Waals surface area (Å²) in [7, 11) is -3.40. The number of anilines is 1. The number of nitrogens with zero attached hydrogens (tertiary/aromatic N) is 1. The molecule has 0 atom stereocenters. The molecule has 0 unspecified atom stereocenters. The van der Waals surface area contributed by atoms with Crippen LogP contribution in [0.1, 0.15) is 44.2 Å². The van der Waals surface area contributed by atoms with E-state index in [1.807, 2.05) is 55.5 Å². The van der Waals surface area contributed by atoms with Crippen LogP contribution >= 0.6 is 0 Å². The molecule has 7 heteroatoms. The van der Waals surface area contributed by atoms with Gasteiger partial charge in [0.25, 0.3) is 0 Å². The maximum Gasteiger partial charge on any atom is 0.232 e. The van der Waals surface area contributed by atoms with E-state index in [4.69, 9.17) is 4.74 Å². The molecule has 0 saturated carbocycles. The van der Waals surface area contributed by atoms with Crippen LogP contribution in [0.25, 0.3) is 0 Å². The smallest absolute Gasteiger partial charge is 0.232 e. The Kier molecular flexibility index (Phi) is 9.85. The Bertz CT molecular complexity index is 910. The number of ether oxygens (including phenoxy) is 1. The first-order valence-corrected chi connectivity index (χ1v) is 12.7. The molecular weight excluding hydrogens is 412 g/mol. The van der Waals surface area contributed by atoms with E-state index in [1.165, 1.54) is 16.1 Å². The van der Waals surface area contributed by atoms with Crippen molar-refractivity contribution in [1.82, 2.24) is 5.32 Å². The summed E-state index contributed by atoms with van der Waals surface area (Å²) in [6.07, 6.45) is 4.58. The van der Waals surface area contributed by atoms with E-state index in [9.17, 15) is 13.2 Å². The third-order valence-electron chi connectivity index (χ3n) is 5.00. The summed E-state index contributed by atoms with van der Waals surface area (Å²) < 4.78 is 31.2. The Morgan fingerprint density at radius 3 is 2.19 bits per heavy atom. The molecular formula is C24H34N2O4S. The minimum Gasteiger partial charge on any atom is -0.494 e. The van der Waals surface area contributed by atoms with E-state index >= 15 is 0 Å². The average molecular weight is 447 g/mol. The molecule has 0 aromatic heterocycles. The molecule has 0 spiro atoms. The first-order chi connectivity index (χ1) is 14.8. The summed E-state index contributed by atoms with van der Waals surface area (Å²) in [6, 6.07) is 15.5. The number of carbonyl (C=O) groups excluding carboxylic acids is 1. The molecule has 2 aromatic rings. The number of amides is 1. The van der Waals surface area contributed by atoms with Gasteiger partial charge in [0.2, 0.25) is 15.9 Å². The third kappa shape index (κ3) is 8.61. The van der Waals surface area contributed by atoms with E-state index in [0.29, 0.717) is 31.7 Å². The van der Waals surface area contributed by atoms with E-state index in [-0.39, 0.29) is 12.5 Å². The molecule has 170 valence electrons. The largest absolute Gasteiger partial charge is 0.494 e. The molecule has 0 aliphatic rings. The molecule has 0 saturated heterocycles. The summed E-state index contributed by atoms with van der Waals surface area (Å²) in [5.41, 5.74) is 2.99. The van der Waals surface area contributed by atoms with Gasteiger partial charge in [0.15, 0.2) is 0 Å². The SMILES string of the molecule is CCOc1ccc(CCCNC(=O)CCCN(c2ccc(CC)cc2)S(C)(=O)=O)cc1. The Hall–Kier alpha value is -2.54. The summed E-state index contributed by atoms with van der Waals surface area (Å²) in [4.78, 5) is 12.1. The minimum absolute atomic E-state index is 0.0542. The molecule has 0 aliphatic heterocycles. The van der Waals surface area contributed by atoms with Gasteiger partial charge in [-0.2, -0.15) is 0 Å². The zero-order chi connectivity index (χ0) is 22.7. The Morgan fingerprint density at radius 2 is 1.61 bits per heavy atom. The van der Waals surface area contributed by atoms with Crippen LogP contribution in [-0.2, 0) is 27.7 Å². The van der Waals surface area contributed by atoms with Crippen LogP contribution < -0.4 is 14.4 Å². The van der Waals surface area contributed by atoms with Crippen LogP contribution in [-0.4, -0.2) is 40.3 Å². The highest BCUT2D eigenvalue weighted by Gasteiger charge is 2.17. The number of rotatable bonds is 13. The predicted octanol–water partition coefficient (Wildman–Crippen LogP) is 3.94. The van der Waals surface area contributed by atoms with Gasteiger partial charge in [-0.1, -0.05) is 31.2 Å². The van der Waals surface area contributed by atoms with Crippen molar-refractivity contribution in [3.8, 4) is 5.75 Å². The number of aryl methyl sites for hydroxylation is 2. The first-order valence-electron chi connectivity index (χ1n) is 10.9. The second-order valence-corrected chi connectivity index (χ2v) is 9.40. The Labute approximate surface area is 186 Å². The minimum atomic E-state index is -3.40. The number of hydrogen-bond acceptors (Lipinski definition) is 4. The van der Waals surface area contributed by atoms with Crippen LogP contribution in [0.2, 0.25) is 0 Å². The first kappa shape index (κ1) is 24.7. The van der Waals surface area contributed by atoms with Gasteiger partial charge in [-0.05, 0) is 68.0 Å². The van der Waals surface area contributed by atoms with Crippen molar-refractivity contribution >= 4 is 21.6 Å². The molecule has 1 N–H and O–H groups in total. The van der Waals surface area contributed by atoms with Gasteiger partial charge < -0.3 is 10.1 Å². The molecule has 0 heterocycles. The van der Waals surface area contributed by atoms with Crippen molar-refractivity contribution in [3.05, 3.63) is 59.7 Å². The second-order valence-electron chi connectivity index (χ2n) is 7.49. The van der Waals surface area contributed by atoms with E-state index < -0.39 is 10.0 Å². The molecule has 2 aromatic carbocycles. The zero-order valence-electron chi connectivity index (χ0n) is 18.8. The Balaban J connectivity index is 1.72. The fourth-order valence-corrected chi connectivity index (χ4v) is 4.26. The fraction of sp³-hybridized carbons (Fsp3) is 0.458.